The van der Waals surface area contributed by atoms with E-state index in [0.29, 0.717) is 10.7 Å². The van der Waals surface area contributed by atoms with Crippen molar-refractivity contribution >= 4 is 69.6 Å². The van der Waals surface area contributed by atoms with Crippen LogP contribution in [-0.2, 0) is 24.0 Å². The van der Waals surface area contributed by atoms with Crippen molar-refractivity contribution in [3.63, 3.8) is 0 Å². The van der Waals surface area contributed by atoms with Gasteiger partial charge in [-0.3, -0.25) is 19.5 Å². The molecule has 11 nitrogen and oxygen atoms in total. The second-order valence-electron chi connectivity index (χ2n) is 10.4. The second-order valence-corrected chi connectivity index (χ2v) is 13.4. The number of oxime groups is 1. The molecule has 246 valence electrons. The molecule has 14 heteroatoms. The number of thiazole rings is 1. The minimum absolute atomic E-state index is 0.116. The highest BCUT2D eigenvalue weighted by Crippen LogP contribution is 2.45. The van der Waals surface area contributed by atoms with Crippen LogP contribution >= 0.6 is 34.9 Å². The number of esters is 1. The van der Waals surface area contributed by atoms with Gasteiger partial charge in [0.1, 0.15) is 22.8 Å². The van der Waals surface area contributed by atoms with Gasteiger partial charge in [0.05, 0.1) is 5.69 Å². The summed E-state index contributed by atoms with van der Waals surface area (Å²) in [5.41, 5.74) is 8.17. The van der Waals surface area contributed by atoms with Crippen molar-refractivity contribution in [2.24, 2.45) is 5.16 Å². The van der Waals surface area contributed by atoms with Crippen molar-refractivity contribution in [1.82, 2.24) is 20.2 Å². The third-order valence-corrected chi connectivity index (χ3v) is 10.3. The van der Waals surface area contributed by atoms with Crippen molar-refractivity contribution < 1.29 is 24.0 Å². The van der Waals surface area contributed by atoms with Crippen LogP contribution in [0.25, 0.3) is 6.08 Å². The lowest BCUT2D eigenvalue weighted by Gasteiger charge is -2.49. The number of nitrogens with two attached hydrogens (primary N) is 1. The van der Waals surface area contributed by atoms with Gasteiger partial charge in [-0.1, -0.05) is 89.6 Å². The van der Waals surface area contributed by atoms with Gasteiger partial charge in [0, 0.05) is 22.2 Å². The highest BCUT2D eigenvalue weighted by atomic mass is 32.2. The number of fused-ring (bicyclic) bond motifs is 1. The first kappa shape index (κ1) is 33.5. The van der Waals surface area contributed by atoms with Crippen LogP contribution in [0.15, 0.2) is 112 Å². The van der Waals surface area contributed by atoms with E-state index in [1.807, 2.05) is 90.3 Å². The first-order valence-corrected chi connectivity index (χ1v) is 17.6. The Balaban J connectivity index is 1.28. The van der Waals surface area contributed by atoms with Crippen molar-refractivity contribution in [2.45, 2.75) is 17.5 Å². The number of anilines is 1. The van der Waals surface area contributed by atoms with Gasteiger partial charge in [0.2, 0.25) is 0 Å². The van der Waals surface area contributed by atoms with Gasteiger partial charge in [0.25, 0.3) is 11.8 Å². The normalized spacial score (nSPS) is 17.3. The Morgan fingerprint density at radius 1 is 1.12 bits per heavy atom. The number of nitrogen functional groups attached to an aromatic ring is 1. The SMILES string of the molecule is C#CCON=C(C(=O)NC1C(=O)N2C(C(=O)OC(c3ccccc3)c3ccccc3)=C(S/C=C\c3ccccn3)CS[C@H]12)c1csc(N)n1. The highest BCUT2D eigenvalue weighted by Gasteiger charge is 2.55. The number of hydrogen-bond donors (Lipinski definition) is 2. The smallest absolute Gasteiger partial charge is 0.356 e. The van der Waals surface area contributed by atoms with Gasteiger partial charge in [-0.2, -0.15) is 0 Å². The minimum Gasteiger partial charge on any atom is -0.448 e. The molecule has 0 spiro atoms. The number of aromatic nitrogens is 2. The van der Waals surface area contributed by atoms with Gasteiger partial charge in [0.15, 0.2) is 23.6 Å². The number of benzene rings is 2. The molecular formula is C35H28N6O5S3. The van der Waals surface area contributed by atoms with Crippen molar-refractivity contribution in [3.8, 4) is 12.3 Å². The summed E-state index contributed by atoms with van der Waals surface area (Å²) in [4.78, 5) is 57.0. The maximum atomic E-state index is 14.2. The molecule has 3 N–H and O–H groups in total. The third-order valence-electron chi connectivity index (χ3n) is 7.26. The number of hydrogen-bond acceptors (Lipinski definition) is 12. The van der Waals surface area contributed by atoms with E-state index >= 15 is 0 Å². The lowest BCUT2D eigenvalue weighted by Crippen LogP contribution is -2.71. The molecule has 2 aliphatic heterocycles. The van der Waals surface area contributed by atoms with E-state index in [0.717, 1.165) is 28.2 Å². The van der Waals surface area contributed by atoms with E-state index in [-0.39, 0.29) is 28.8 Å². The van der Waals surface area contributed by atoms with Gasteiger partial charge in [-0.05, 0) is 34.7 Å². The molecule has 0 bridgehead atoms. The Kier molecular flexibility index (Phi) is 10.7. The van der Waals surface area contributed by atoms with Crippen LogP contribution in [0.4, 0.5) is 5.13 Å². The quantitative estimate of drug-likeness (QED) is 0.0524. The van der Waals surface area contributed by atoms with E-state index < -0.39 is 35.3 Å². The summed E-state index contributed by atoms with van der Waals surface area (Å²) < 4.78 is 6.22. The second kappa shape index (κ2) is 15.7. The Bertz CT molecular complexity index is 1920. The average Bonchev–Trinajstić information content (AvgIpc) is 3.57. The van der Waals surface area contributed by atoms with Crippen LogP contribution in [0, 0.1) is 12.3 Å². The molecule has 2 atom stereocenters. The van der Waals surface area contributed by atoms with E-state index in [9.17, 15) is 14.4 Å². The fourth-order valence-electron chi connectivity index (χ4n) is 5.02. The number of thioether (sulfide) groups is 2. The predicted molar refractivity (Wildman–Crippen MR) is 192 cm³/mol. The number of ether oxygens (including phenoxy) is 1. The van der Waals surface area contributed by atoms with Crippen LogP contribution in [0.3, 0.4) is 0 Å². The van der Waals surface area contributed by atoms with Gasteiger partial charge >= 0.3 is 5.97 Å². The first-order valence-electron chi connectivity index (χ1n) is 14.8. The summed E-state index contributed by atoms with van der Waals surface area (Å²) >= 11 is 3.83. The highest BCUT2D eigenvalue weighted by molar-refractivity contribution is 8.08. The summed E-state index contributed by atoms with van der Waals surface area (Å²) in [6.45, 7) is -0.177. The lowest BCUT2D eigenvalue weighted by molar-refractivity contribution is -0.154. The molecule has 0 aliphatic carbocycles. The Labute approximate surface area is 294 Å². The zero-order chi connectivity index (χ0) is 34.2. The largest absolute Gasteiger partial charge is 0.448 e. The molecule has 4 heterocycles. The molecule has 0 saturated carbocycles. The Morgan fingerprint density at radius 2 is 1.84 bits per heavy atom. The molecule has 2 aromatic heterocycles. The molecule has 2 amide bonds. The molecule has 1 fully saturated rings. The van der Waals surface area contributed by atoms with Gasteiger partial charge < -0.3 is 20.6 Å². The first-order chi connectivity index (χ1) is 23.9. The molecule has 1 unspecified atom stereocenters. The van der Waals surface area contributed by atoms with Crippen LogP contribution in [0.1, 0.15) is 28.6 Å². The Morgan fingerprint density at radius 3 is 2.47 bits per heavy atom. The molecule has 1 saturated heterocycles. The minimum atomic E-state index is -0.969. The number of carbonyl (C=O) groups excluding carboxylic acids is 3. The summed E-state index contributed by atoms with van der Waals surface area (Å²) in [7, 11) is 0. The number of pyridine rings is 1. The summed E-state index contributed by atoms with van der Waals surface area (Å²) in [6, 6.07) is 23.4. The maximum Gasteiger partial charge on any atom is 0.356 e. The van der Waals surface area contributed by atoms with E-state index in [2.05, 4.69) is 26.4 Å². The topological polar surface area (TPSA) is 149 Å². The van der Waals surface area contributed by atoms with Crippen LogP contribution in [0.2, 0.25) is 0 Å². The number of amides is 2. The lowest BCUT2D eigenvalue weighted by atomic mass is 10.0. The molecule has 49 heavy (non-hydrogen) atoms. The standard InChI is InChI=1S/C35H28N6O5S3/c1-2-18-45-40-27(25-20-49-35(36)38-25)31(42)39-28-32(43)41-29(26(21-48-33(28)41)47-19-16-24-15-9-10-17-37-24)34(44)46-30(22-11-5-3-6-12-22)23-13-7-4-8-14-23/h1,3-17,19-20,28,30,33H,18,21H2,(H2,36,38)(H,39,42)/b19-16-,40-27?/t28?,33-/m1/s1. The monoisotopic (exact) mass is 708 g/mol. The van der Waals surface area contributed by atoms with Crippen LogP contribution < -0.4 is 11.1 Å². The number of nitrogens with zero attached hydrogens (tertiary/aromatic N) is 4. The molecule has 2 aromatic carbocycles. The summed E-state index contributed by atoms with van der Waals surface area (Å²) in [6.07, 6.45) is 8.04. The zero-order valence-electron chi connectivity index (χ0n) is 25.7. The maximum absolute atomic E-state index is 14.2. The van der Waals surface area contributed by atoms with Gasteiger partial charge in [-0.15, -0.1) is 29.5 Å². The van der Waals surface area contributed by atoms with Crippen molar-refractivity contribution in [1.29, 1.82) is 0 Å². The number of carbonyl (C=O) groups is 3. The number of β-lactam (4-membered cyclic amide) rings is 1. The number of rotatable bonds is 12. The zero-order valence-corrected chi connectivity index (χ0v) is 28.1. The predicted octanol–water partition coefficient (Wildman–Crippen LogP) is 4.82. The fourth-order valence-corrected chi connectivity index (χ4v) is 7.91. The van der Waals surface area contributed by atoms with Crippen LogP contribution in [0.5, 0.6) is 0 Å². The average molecular weight is 709 g/mol. The number of terminal acetylenes is 1. The van der Waals surface area contributed by atoms with E-state index in [4.69, 9.17) is 21.7 Å². The third kappa shape index (κ3) is 7.70. The molecule has 0 radical (unpaired) electrons. The number of nitrogens with one attached hydrogen (secondary N) is 1. The van der Waals surface area contributed by atoms with Gasteiger partial charge in [-0.25, -0.2) is 9.78 Å². The summed E-state index contributed by atoms with van der Waals surface area (Å²) in [5, 5.41) is 9.60. The molecule has 6 rings (SSSR count). The van der Waals surface area contributed by atoms with E-state index in [1.165, 1.54) is 28.4 Å². The molecule has 2 aliphatic rings. The van der Waals surface area contributed by atoms with Crippen LogP contribution in [-0.4, -0.2) is 62.1 Å². The van der Waals surface area contributed by atoms with Crippen molar-refractivity contribution in [2.75, 3.05) is 18.1 Å². The van der Waals surface area contributed by atoms with Crippen molar-refractivity contribution in [3.05, 3.63) is 129 Å². The molecule has 4 aromatic rings. The fraction of sp³-hybridized carbons (Fsp3) is 0.143. The summed E-state index contributed by atoms with van der Waals surface area (Å²) in [5.74, 6) is 0.790. The molecular weight excluding hydrogens is 681 g/mol. The van der Waals surface area contributed by atoms with E-state index in [1.54, 1.807) is 11.6 Å². The Hall–Kier alpha value is -5.36.